The Morgan fingerprint density at radius 1 is 1.35 bits per heavy atom. The van der Waals surface area contributed by atoms with E-state index in [2.05, 4.69) is 10.6 Å². The topological polar surface area (TPSA) is 84.2 Å². The first kappa shape index (κ1) is 16.2. The van der Waals surface area contributed by atoms with Gasteiger partial charge >= 0.3 is 0 Å². The number of hydrogen-bond acceptors (Lipinski definition) is 3. The Labute approximate surface area is 119 Å². The van der Waals surface area contributed by atoms with Gasteiger partial charge in [0.1, 0.15) is 0 Å². The summed E-state index contributed by atoms with van der Waals surface area (Å²) in [5.74, 6) is -0.224. The molecule has 1 aromatic rings. The van der Waals surface area contributed by atoms with Crippen molar-refractivity contribution in [2.24, 2.45) is 11.7 Å². The third-order valence-corrected chi connectivity index (χ3v) is 3.53. The summed E-state index contributed by atoms with van der Waals surface area (Å²) in [4.78, 5) is 23.5. The van der Waals surface area contributed by atoms with Gasteiger partial charge in [0.25, 0.3) is 5.91 Å². The highest BCUT2D eigenvalue weighted by Gasteiger charge is 2.20. The predicted molar refractivity (Wildman–Crippen MR) is 80.6 cm³/mol. The average molecular weight is 277 g/mol. The monoisotopic (exact) mass is 277 g/mol. The Hall–Kier alpha value is -1.88. The van der Waals surface area contributed by atoms with Crippen LogP contribution in [0.4, 0.5) is 5.69 Å². The fourth-order valence-electron chi connectivity index (χ4n) is 1.82. The van der Waals surface area contributed by atoms with E-state index in [1.807, 2.05) is 20.8 Å². The van der Waals surface area contributed by atoms with Crippen LogP contribution in [0.1, 0.15) is 36.2 Å². The van der Waals surface area contributed by atoms with E-state index in [0.717, 1.165) is 12.0 Å². The van der Waals surface area contributed by atoms with E-state index < -0.39 is 6.04 Å². The Bertz CT molecular complexity index is 500. The average Bonchev–Trinajstić information content (AvgIpc) is 2.46. The first-order valence-corrected chi connectivity index (χ1v) is 6.79. The maximum Gasteiger partial charge on any atom is 0.251 e. The molecule has 1 aromatic carbocycles. The fraction of sp³-hybridized carbons (Fsp3) is 0.467. The molecule has 0 radical (unpaired) electrons. The highest BCUT2D eigenvalue weighted by molar-refractivity contribution is 5.97. The highest BCUT2D eigenvalue weighted by atomic mass is 16.2. The van der Waals surface area contributed by atoms with Gasteiger partial charge in [0, 0.05) is 18.3 Å². The lowest BCUT2D eigenvalue weighted by Gasteiger charge is -2.18. The van der Waals surface area contributed by atoms with E-state index in [9.17, 15) is 9.59 Å². The Morgan fingerprint density at radius 2 is 2.00 bits per heavy atom. The van der Waals surface area contributed by atoms with Gasteiger partial charge in [-0.3, -0.25) is 9.59 Å². The van der Waals surface area contributed by atoms with Crippen LogP contribution < -0.4 is 16.4 Å². The van der Waals surface area contributed by atoms with Crippen LogP contribution in [0.15, 0.2) is 18.2 Å². The van der Waals surface area contributed by atoms with E-state index >= 15 is 0 Å². The molecule has 5 nitrogen and oxygen atoms in total. The predicted octanol–water partition coefficient (Wildman–Crippen LogP) is 1.67. The van der Waals surface area contributed by atoms with E-state index in [0.29, 0.717) is 11.3 Å². The molecule has 2 atom stereocenters. The quantitative estimate of drug-likeness (QED) is 0.765. The number of hydrogen-bond donors (Lipinski definition) is 3. The summed E-state index contributed by atoms with van der Waals surface area (Å²) < 4.78 is 0. The van der Waals surface area contributed by atoms with Crippen LogP contribution in [0.2, 0.25) is 0 Å². The van der Waals surface area contributed by atoms with Crippen molar-refractivity contribution in [3.05, 3.63) is 29.3 Å². The van der Waals surface area contributed by atoms with Crippen molar-refractivity contribution >= 4 is 17.5 Å². The van der Waals surface area contributed by atoms with E-state index in [4.69, 9.17) is 5.73 Å². The number of amides is 2. The SMILES string of the molecule is CC[C@H](C)[C@H](N)C(=O)Nc1ccc(C(=O)NC)cc1C. The van der Waals surface area contributed by atoms with Crippen molar-refractivity contribution in [2.45, 2.75) is 33.2 Å². The first-order chi connectivity index (χ1) is 9.40. The van der Waals surface area contributed by atoms with Gasteiger partial charge in [-0.15, -0.1) is 0 Å². The largest absolute Gasteiger partial charge is 0.355 e. The maximum absolute atomic E-state index is 12.0. The molecule has 0 aliphatic carbocycles. The molecule has 0 spiro atoms. The molecule has 110 valence electrons. The zero-order valence-electron chi connectivity index (χ0n) is 12.5. The second-order valence-electron chi connectivity index (χ2n) is 5.01. The molecular weight excluding hydrogens is 254 g/mol. The molecular formula is C15H23N3O2. The normalized spacial score (nSPS) is 13.4. The Balaban J connectivity index is 2.84. The van der Waals surface area contributed by atoms with Crippen LogP contribution >= 0.6 is 0 Å². The molecule has 2 amide bonds. The lowest BCUT2D eigenvalue weighted by atomic mass is 9.99. The summed E-state index contributed by atoms with van der Waals surface area (Å²) in [6, 6.07) is 4.61. The summed E-state index contributed by atoms with van der Waals surface area (Å²) in [6.45, 7) is 5.80. The van der Waals surface area contributed by atoms with Crippen LogP contribution in [0.25, 0.3) is 0 Å². The number of nitrogens with one attached hydrogen (secondary N) is 2. The second kappa shape index (κ2) is 7.05. The minimum atomic E-state index is -0.530. The van der Waals surface area contributed by atoms with Crippen molar-refractivity contribution in [2.75, 3.05) is 12.4 Å². The second-order valence-corrected chi connectivity index (χ2v) is 5.01. The summed E-state index contributed by atoms with van der Waals surface area (Å²) in [5, 5.41) is 5.38. The van der Waals surface area contributed by atoms with E-state index in [1.165, 1.54) is 0 Å². The van der Waals surface area contributed by atoms with Crippen LogP contribution in [0, 0.1) is 12.8 Å². The zero-order valence-corrected chi connectivity index (χ0v) is 12.5. The Kier molecular flexibility index (Phi) is 5.70. The fourth-order valence-corrected chi connectivity index (χ4v) is 1.82. The van der Waals surface area contributed by atoms with E-state index in [-0.39, 0.29) is 17.7 Å². The minimum Gasteiger partial charge on any atom is -0.355 e. The van der Waals surface area contributed by atoms with Crippen LogP contribution in [0.5, 0.6) is 0 Å². The van der Waals surface area contributed by atoms with Crippen molar-refractivity contribution in [3.8, 4) is 0 Å². The summed E-state index contributed by atoms with van der Waals surface area (Å²) in [7, 11) is 1.58. The van der Waals surface area contributed by atoms with E-state index in [1.54, 1.807) is 25.2 Å². The molecule has 0 saturated heterocycles. The summed E-state index contributed by atoms with van der Waals surface area (Å²) >= 11 is 0. The number of aryl methyl sites for hydroxylation is 1. The van der Waals surface area contributed by atoms with Gasteiger partial charge in [-0.05, 0) is 36.6 Å². The number of carbonyl (C=O) groups excluding carboxylic acids is 2. The van der Waals surface area contributed by atoms with Gasteiger partial charge in [-0.25, -0.2) is 0 Å². The summed E-state index contributed by atoms with van der Waals surface area (Å²) in [6.07, 6.45) is 0.850. The number of anilines is 1. The molecule has 0 saturated carbocycles. The third kappa shape index (κ3) is 3.81. The molecule has 0 fully saturated rings. The lowest BCUT2D eigenvalue weighted by molar-refractivity contribution is -0.118. The maximum atomic E-state index is 12.0. The molecule has 0 aliphatic heterocycles. The number of benzene rings is 1. The molecule has 0 bridgehead atoms. The van der Waals surface area contributed by atoms with Crippen molar-refractivity contribution in [1.82, 2.24) is 5.32 Å². The summed E-state index contributed by atoms with van der Waals surface area (Å²) in [5.41, 5.74) is 7.97. The number of rotatable bonds is 5. The first-order valence-electron chi connectivity index (χ1n) is 6.79. The van der Waals surface area contributed by atoms with Crippen LogP contribution in [0.3, 0.4) is 0 Å². The van der Waals surface area contributed by atoms with Crippen LogP contribution in [-0.2, 0) is 4.79 Å². The van der Waals surface area contributed by atoms with Gasteiger partial charge in [0.05, 0.1) is 6.04 Å². The zero-order chi connectivity index (χ0) is 15.3. The Morgan fingerprint density at radius 3 is 2.50 bits per heavy atom. The van der Waals surface area contributed by atoms with Gasteiger partial charge in [0.2, 0.25) is 5.91 Å². The van der Waals surface area contributed by atoms with Gasteiger partial charge in [-0.1, -0.05) is 20.3 Å². The van der Waals surface area contributed by atoms with Crippen LogP contribution in [-0.4, -0.2) is 24.9 Å². The smallest absolute Gasteiger partial charge is 0.251 e. The van der Waals surface area contributed by atoms with Crippen molar-refractivity contribution < 1.29 is 9.59 Å². The molecule has 0 aromatic heterocycles. The molecule has 5 heteroatoms. The molecule has 20 heavy (non-hydrogen) atoms. The van der Waals surface area contributed by atoms with Gasteiger partial charge in [0.15, 0.2) is 0 Å². The van der Waals surface area contributed by atoms with Gasteiger partial charge < -0.3 is 16.4 Å². The van der Waals surface area contributed by atoms with Crippen molar-refractivity contribution in [3.63, 3.8) is 0 Å². The van der Waals surface area contributed by atoms with Crippen molar-refractivity contribution in [1.29, 1.82) is 0 Å². The molecule has 1 rings (SSSR count). The molecule has 0 aliphatic rings. The number of nitrogens with two attached hydrogens (primary N) is 1. The molecule has 4 N–H and O–H groups in total. The minimum absolute atomic E-state index is 0.125. The number of carbonyl (C=O) groups is 2. The van der Waals surface area contributed by atoms with Gasteiger partial charge in [-0.2, -0.15) is 0 Å². The lowest BCUT2D eigenvalue weighted by Crippen LogP contribution is -2.40. The standard InChI is InChI=1S/C15H23N3O2/c1-5-9(2)13(16)15(20)18-12-7-6-11(8-10(12)3)14(19)17-4/h6-9,13H,5,16H2,1-4H3,(H,17,19)(H,18,20)/t9-,13-/m0/s1. The molecule has 0 unspecified atom stereocenters. The molecule has 0 heterocycles. The third-order valence-electron chi connectivity index (χ3n) is 3.53. The highest BCUT2D eigenvalue weighted by Crippen LogP contribution is 2.17.